The molecule has 0 aliphatic heterocycles. The van der Waals surface area contributed by atoms with E-state index in [1.807, 2.05) is 0 Å². The molecule has 0 amide bonds. The van der Waals surface area contributed by atoms with Gasteiger partial charge in [-0.2, -0.15) is 26.3 Å². The van der Waals surface area contributed by atoms with Gasteiger partial charge in [0.2, 0.25) is 6.23 Å². The molecule has 0 bridgehead atoms. The van der Waals surface area contributed by atoms with Gasteiger partial charge in [0.15, 0.2) is 0 Å². The quantitative estimate of drug-likeness (QED) is 0.511. The topological polar surface area (TPSA) is 32.3 Å². The lowest BCUT2D eigenvalue weighted by Crippen LogP contribution is -2.45. The van der Waals surface area contributed by atoms with Crippen LogP contribution in [0.2, 0.25) is 0 Å². The Morgan fingerprint density at radius 2 is 1.50 bits per heavy atom. The van der Waals surface area contributed by atoms with Gasteiger partial charge in [-0.25, -0.2) is 0 Å². The molecule has 1 unspecified atom stereocenters. The lowest BCUT2D eigenvalue weighted by Gasteiger charge is -2.16. The minimum atomic E-state index is -5.08. The second-order valence-corrected chi connectivity index (χ2v) is 1.94. The van der Waals surface area contributed by atoms with Crippen molar-refractivity contribution in [3.8, 4) is 0 Å². The van der Waals surface area contributed by atoms with E-state index in [1.54, 1.807) is 0 Å². The molecular weight excluding hydrogens is 192 g/mol. The van der Waals surface area contributed by atoms with Gasteiger partial charge in [-0.1, -0.05) is 0 Å². The average molecular weight is 197 g/mol. The highest BCUT2D eigenvalue weighted by Gasteiger charge is 2.40. The molecule has 0 aromatic carbocycles. The van der Waals surface area contributed by atoms with Crippen LogP contribution in [0.1, 0.15) is 0 Å². The Balaban J connectivity index is 3.80. The maximum atomic E-state index is 11.3. The van der Waals surface area contributed by atoms with Gasteiger partial charge in [0.1, 0.15) is 0 Å². The number of hydrogen-bond donors (Lipinski definition) is 2. The van der Waals surface area contributed by atoms with Crippen molar-refractivity contribution in [2.45, 2.75) is 18.6 Å². The number of alkyl halides is 6. The smallest absolute Gasteiger partial charge is 0.370 e. The van der Waals surface area contributed by atoms with Crippen LogP contribution in [0.15, 0.2) is 0 Å². The third-order valence-electron chi connectivity index (χ3n) is 0.806. The standard InChI is InChI=1S/C4H5F6NO/c5-3(6,7)1-11-2(12)4(8,9)10/h2,11-12H,1H2. The molecule has 2 N–H and O–H groups in total. The summed E-state index contributed by atoms with van der Waals surface area (Å²) in [5.74, 6) is 0. The second kappa shape index (κ2) is 3.48. The fourth-order valence-electron chi connectivity index (χ4n) is 0.328. The van der Waals surface area contributed by atoms with E-state index < -0.39 is 25.1 Å². The Bertz CT molecular complexity index is 139. The lowest BCUT2D eigenvalue weighted by atomic mass is 10.5. The van der Waals surface area contributed by atoms with E-state index in [4.69, 9.17) is 5.11 Å². The van der Waals surface area contributed by atoms with Crippen molar-refractivity contribution in [1.82, 2.24) is 5.32 Å². The first-order valence-electron chi connectivity index (χ1n) is 2.68. The van der Waals surface area contributed by atoms with Crippen LogP contribution in [-0.4, -0.2) is 30.2 Å². The number of nitrogens with one attached hydrogen (secondary N) is 1. The van der Waals surface area contributed by atoms with E-state index >= 15 is 0 Å². The molecular formula is C4H5F6NO. The van der Waals surface area contributed by atoms with Crippen LogP contribution in [-0.2, 0) is 0 Å². The van der Waals surface area contributed by atoms with Gasteiger partial charge in [0.25, 0.3) is 0 Å². The third-order valence-corrected chi connectivity index (χ3v) is 0.806. The summed E-state index contributed by atoms with van der Waals surface area (Å²) in [5.41, 5.74) is 0. The number of halogens is 6. The molecule has 0 saturated heterocycles. The highest BCUT2D eigenvalue weighted by molar-refractivity contribution is 4.65. The minimum Gasteiger partial charge on any atom is -0.370 e. The number of aliphatic hydroxyl groups excluding tert-OH is 1. The summed E-state index contributed by atoms with van der Waals surface area (Å²) in [6.45, 7) is -1.88. The molecule has 0 aromatic rings. The van der Waals surface area contributed by atoms with E-state index in [-0.39, 0.29) is 0 Å². The summed E-state index contributed by atoms with van der Waals surface area (Å²) < 4.78 is 67.8. The van der Waals surface area contributed by atoms with Gasteiger partial charge in [-0.05, 0) is 0 Å². The van der Waals surface area contributed by atoms with E-state index in [2.05, 4.69) is 0 Å². The van der Waals surface area contributed by atoms with Crippen LogP contribution in [0.25, 0.3) is 0 Å². The van der Waals surface area contributed by atoms with Crippen molar-refractivity contribution >= 4 is 0 Å². The molecule has 8 heteroatoms. The second-order valence-electron chi connectivity index (χ2n) is 1.94. The summed E-state index contributed by atoms with van der Waals surface area (Å²) in [5, 5.41) is 8.88. The number of hydrogen-bond acceptors (Lipinski definition) is 2. The van der Waals surface area contributed by atoms with Gasteiger partial charge in [-0.3, -0.25) is 5.32 Å². The number of aliphatic hydroxyl groups is 1. The molecule has 12 heavy (non-hydrogen) atoms. The number of rotatable bonds is 2. The van der Waals surface area contributed by atoms with Gasteiger partial charge < -0.3 is 5.11 Å². The van der Waals surface area contributed by atoms with Crippen molar-refractivity contribution in [3.05, 3.63) is 0 Å². The van der Waals surface area contributed by atoms with Crippen LogP contribution in [0, 0.1) is 0 Å². The lowest BCUT2D eigenvalue weighted by molar-refractivity contribution is -0.222. The van der Waals surface area contributed by atoms with Crippen LogP contribution < -0.4 is 5.32 Å². The van der Waals surface area contributed by atoms with E-state index in [1.165, 1.54) is 0 Å². The predicted molar refractivity (Wildman–Crippen MR) is 26.1 cm³/mol. The van der Waals surface area contributed by atoms with Gasteiger partial charge in [-0.15, -0.1) is 0 Å². The van der Waals surface area contributed by atoms with Crippen LogP contribution >= 0.6 is 0 Å². The van der Waals surface area contributed by atoms with Crippen molar-refractivity contribution in [2.75, 3.05) is 6.54 Å². The summed E-state index contributed by atoms with van der Waals surface area (Å²) in [6.07, 6.45) is -13.0. The van der Waals surface area contributed by atoms with Crippen LogP contribution in [0.3, 0.4) is 0 Å². The average Bonchev–Trinajstić information content (AvgIpc) is 1.78. The molecule has 0 heterocycles. The first kappa shape index (κ1) is 11.5. The van der Waals surface area contributed by atoms with Crippen molar-refractivity contribution in [1.29, 1.82) is 0 Å². The van der Waals surface area contributed by atoms with E-state index in [0.29, 0.717) is 0 Å². The molecule has 1 atom stereocenters. The van der Waals surface area contributed by atoms with Gasteiger partial charge >= 0.3 is 12.4 Å². The monoisotopic (exact) mass is 197 g/mol. The van der Waals surface area contributed by atoms with Gasteiger partial charge in [0, 0.05) is 0 Å². The molecule has 0 aliphatic carbocycles. The molecule has 0 saturated carbocycles. The molecule has 2 nitrogen and oxygen atoms in total. The normalized spacial score (nSPS) is 16.2. The minimum absolute atomic E-state index is 0.868. The zero-order chi connectivity index (χ0) is 9.99. The highest BCUT2D eigenvalue weighted by atomic mass is 19.4. The summed E-state index contributed by atoms with van der Waals surface area (Å²) >= 11 is 0. The van der Waals surface area contributed by atoms with E-state index in [0.717, 1.165) is 5.32 Å². The Morgan fingerprint density at radius 3 is 1.75 bits per heavy atom. The van der Waals surface area contributed by atoms with Gasteiger partial charge in [0.05, 0.1) is 6.54 Å². The maximum Gasteiger partial charge on any atom is 0.427 e. The summed E-state index contributed by atoms with van der Waals surface area (Å²) in [4.78, 5) is 0. The van der Waals surface area contributed by atoms with Crippen molar-refractivity contribution < 1.29 is 31.4 Å². The molecule has 0 fully saturated rings. The first-order valence-corrected chi connectivity index (χ1v) is 2.68. The fourth-order valence-corrected chi connectivity index (χ4v) is 0.328. The Morgan fingerprint density at radius 1 is 1.08 bits per heavy atom. The predicted octanol–water partition coefficient (Wildman–Crippen LogP) is 1.02. The summed E-state index contributed by atoms with van der Waals surface area (Å²) in [7, 11) is 0. The van der Waals surface area contributed by atoms with Crippen molar-refractivity contribution in [2.24, 2.45) is 0 Å². The third kappa shape index (κ3) is 5.19. The van der Waals surface area contributed by atoms with Crippen molar-refractivity contribution in [3.63, 3.8) is 0 Å². The largest absolute Gasteiger partial charge is 0.427 e. The molecule has 0 radical (unpaired) electrons. The summed E-state index contributed by atoms with van der Waals surface area (Å²) in [6, 6.07) is 0. The fraction of sp³-hybridized carbons (Fsp3) is 1.00. The van der Waals surface area contributed by atoms with Crippen LogP contribution in [0.5, 0.6) is 0 Å². The molecule has 0 aliphatic rings. The maximum absolute atomic E-state index is 11.3. The SMILES string of the molecule is OC(NCC(F)(F)F)C(F)(F)F. The Hall–Kier alpha value is -0.500. The Labute approximate surface area is 63.2 Å². The molecule has 74 valence electrons. The van der Waals surface area contributed by atoms with Crippen LogP contribution in [0.4, 0.5) is 26.3 Å². The van der Waals surface area contributed by atoms with E-state index in [9.17, 15) is 26.3 Å². The zero-order valence-electron chi connectivity index (χ0n) is 5.50. The Kier molecular flexibility index (Phi) is 3.34. The molecule has 0 rings (SSSR count). The first-order chi connectivity index (χ1) is 5.13. The highest BCUT2D eigenvalue weighted by Crippen LogP contribution is 2.19. The zero-order valence-corrected chi connectivity index (χ0v) is 5.50. The molecule has 0 spiro atoms. The molecule has 0 aromatic heterocycles.